The maximum Gasteiger partial charge on any atom is 0.277 e. The Morgan fingerprint density at radius 3 is 2.36 bits per heavy atom. The van der Waals surface area contributed by atoms with E-state index in [2.05, 4.69) is 15.5 Å². The molecule has 3 rings (SSSR count). The van der Waals surface area contributed by atoms with Crippen molar-refractivity contribution >= 4 is 29.1 Å². The van der Waals surface area contributed by atoms with Crippen molar-refractivity contribution in [3.05, 3.63) is 54.1 Å². The minimum atomic E-state index is -0.448. The summed E-state index contributed by atoms with van der Waals surface area (Å²) >= 11 is 1.17. The van der Waals surface area contributed by atoms with Gasteiger partial charge in [-0.25, -0.2) is 0 Å². The van der Waals surface area contributed by atoms with Crippen molar-refractivity contribution in [2.75, 3.05) is 12.4 Å². The molecule has 0 bridgehead atoms. The zero-order valence-corrected chi connectivity index (χ0v) is 16.4. The number of methoxy groups -OCH3 is 1. The highest BCUT2D eigenvalue weighted by Gasteiger charge is 2.19. The number of carbonyl (C=O) groups excluding carboxylic acids is 2. The van der Waals surface area contributed by atoms with E-state index in [9.17, 15) is 9.59 Å². The molecule has 3 aromatic rings. The number of amides is 1. The van der Waals surface area contributed by atoms with Crippen LogP contribution in [0.5, 0.6) is 5.75 Å². The highest BCUT2D eigenvalue weighted by molar-refractivity contribution is 8.00. The molecule has 1 amide bonds. The lowest BCUT2D eigenvalue weighted by Crippen LogP contribution is -2.22. The van der Waals surface area contributed by atoms with E-state index in [4.69, 9.17) is 9.15 Å². The van der Waals surface area contributed by atoms with Crippen LogP contribution >= 0.6 is 11.8 Å². The standard InChI is InChI=1S/C20H19N3O4S/c1-12(24)14-4-8-16(9-5-14)21-18(25)13(2)28-20-23-22-19(27-20)15-6-10-17(26-3)11-7-15/h4-11,13H,1-3H3,(H,21,25)/t13-/m1/s1. The molecule has 0 aliphatic rings. The molecular formula is C20H19N3O4S. The number of hydrogen-bond acceptors (Lipinski definition) is 7. The molecule has 8 heteroatoms. The van der Waals surface area contributed by atoms with Crippen molar-refractivity contribution < 1.29 is 18.7 Å². The average molecular weight is 397 g/mol. The maximum atomic E-state index is 12.4. The van der Waals surface area contributed by atoms with Crippen LogP contribution in [0.3, 0.4) is 0 Å². The van der Waals surface area contributed by atoms with Gasteiger partial charge >= 0.3 is 0 Å². The first-order valence-electron chi connectivity index (χ1n) is 8.52. The summed E-state index contributed by atoms with van der Waals surface area (Å²) in [7, 11) is 1.60. The van der Waals surface area contributed by atoms with Gasteiger partial charge in [0.05, 0.1) is 12.4 Å². The molecule has 7 nitrogen and oxygen atoms in total. The van der Waals surface area contributed by atoms with E-state index >= 15 is 0 Å². The molecule has 0 aliphatic heterocycles. The van der Waals surface area contributed by atoms with Crippen molar-refractivity contribution in [2.24, 2.45) is 0 Å². The van der Waals surface area contributed by atoms with Gasteiger partial charge in [-0.05, 0) is 62.4 Å². The summed E-state index contributed by atoms with van der Waals surface area (Å²) in [6.07, 6.45) is 0. The molecule has 1 atom stereocenters. The van der Waals surface area contributed by atoms with Crippen molar-refractivity contribution in [1.82, 2.24) is 10.2 Å². The second kappa shape index (κ2) is 8.71. The predicted molar refractivity (Wildman–Crippen MR) is 107 cm³/mol. The van der Waals surface area contributed by atoms with Gasteiger partial charge in [-0.1, -0.05) is 11.8 Å². The number of ketones is 1. The lowest BCUT2D eigenvalue weighted by molar-refractivity contribution is -0.115. The van der Waals surface area contributed by atoms with E-state index in [1.807, 2.05) is 12.1 Å². The highest BCUT2D eigenvalue weighted by atomic mass is 32.2. The summed E-state index contributed by atoms with van der Waals surface area (Å²) in [5, 5.41) is 10.7. The van der Waals surface area contributed by atoms with Crippen LogP contribution in [0.15, 0.2) is 58.2 Å². The summed E-state index contributed by atoms with van der Waals surface area (Å²) < 4.78 is 10.8. The SMILES string of the molecule is COc1ccc(-c2nnc(S[C@H](C)C(=O)Nc3ccc(C(C)=O)cc3)o2)cc1. The summed E-state index contributed by atoms with van der Waals surface area (Å²) in [6.45, 7) is 3.25. The number of carbonyl (C=O) groups is 2. The van der Waals surface area contributed by atoms with E-state index in [1.165, 1.54) is 18.7 Å². The highest BCUT2D eigenvalue weighted by Crippen LogP contribution is 2.27. The largest absolute Gasteiger partial charge is 0.497 e. The van der Waals surface area contributed by atoms with Gasteiger partial charge in [0.1, 0.15) is 5.75 Å². The zero-order chi connectivity index (χ0) is 20.1. The minimum Gasteiger partial charge on any atom is -0.497 e. The van der Waals surface area contributed by atoms with E-state index in [1.54, 1.807) is 50.4 Å². The molecule has 28 heavy (non-hydrogen) atoms. The Morgan fingerprint density at radius 2 is 1.75 bits per heavy atom. The summed E-state index contributed by atoms with van der Waals surface area (Å²) in [6, 6.07) is 14.0. The van der Waals surface area contributed by atoms with Crippen LogP contribution in [0.4, 0.5) is 5.69 Å². The first-order chi connectivity index (χ1) is 13.5. The van der Waals surface area contributed by atoms with Gasteiger partial charge in [0.15, 0.2) is 5.78 Å². The number of rotatable bonds is 7. The molecule has 0 unspecified atom stereocenters. The number of Topliss-reactive ketones (excluding diaryl/α,β-unsaturated/α-hetero) is 1. The van der Waals surface area contributed by atoms with Gasteiger partial charge in [-0.15, -0.1) is 10.2 Å². The summed E-state index contributed by atoms with van der Waals surface area (Å²) in [5.74, 6) is 0.882. The number of nitrogens with one attached hydrogen (secondary N) is 1. The molecule has 144 valence electrons. The molecule has 1 N–H and O–H groups in total. The van der Waals surface area contributed by atoms with Crippen molar-refractivity contribution in [2.45, 2.75) is 24.3 Å². The lowest BCUT2D eigenvalue weighted by atomic mass is 10.1. The monoisotopic (exact) mass is 397 g/mol. The van der Waals surface area contributed by atoms with E-state index < -0.39 is 5.25 Å². The fraction of sp³-hybridized carbons (Fsp3) is 0.200. The number of nitrogens with zero attached hydrogens (tertiary/aromatic N) is 2. The van der Waals surface area contributed by atoms with Crippen LogP contribution in [0.2, 0.25) is 0 Å². The topological polar surface area (TPSA) is 94.3 Å². The van der Waals surface area contributed by atoms with Crippen molar-refractivity contribution in [3.8, 4) is 17.2 Å². The molecule has 2 aromatic carbocycles. The van der Waals surface area contributed by atoms with Crippen LogP contribution in [0, 0.1) is 0 Å². The molecule has 0 spiro atoms. The van der Waals surface area contributed by atoms with Gasteiger partial charge < -0.3 is 14.5 Å². The molecule has 0 saturated heterocycles. The van der Waals surface area contributed by atoms with Crippen LogP contribution in [-0.4, -0.2) is 34.2 Å². The Kier molecular flexibility index (Phi) is 6.10. The van der Waals surface area contributed by atoms with Crippen molar-refractivity contribution in [1.29, 1.82) is 0 Å². The molecule has 0 fully saturated rings. The van der Waals surface area contributed by atoms with Crippen LogP contribution in [0.1, 0.15) is 24.2 Å². The molecule has 1 aromatic heterocycles. The number of thioether (sulfide) groups is 1. The molecule has 1 heterocycles. The first kappa shape index (κ1) is 19.6. The Morgan fingerprint density at radius 1 is 1.07 bits per heavy atom. The van der Waals surface area contributed by atoms with Crippen molar-refractivity contribution in [3.63, 3.8) is 0 Å². The second-order valence-corrected chi connectivity index (χ2v) is 7.28. The Hall–Kier alpha value is -3.13. The minimum absolute atomic E-state index is 0.0224. The van der Waals surface area contributed by atoms with Gasteiger partial charge in [0.2, 0.25) is 11.8 Å². The predicted octanol–water partition coefficient (Wildman–Crippen LogP) is 4.07. The summed E-state index contributed by atoms with van der Waals surface area (Å²) in [5.41, 5.74) is 1.98. The van der Waals surface area contributed by atoms with Gasteiger partial charge in [-0.3, -0.25) is 9.59 Å². The van der Waals surface area contributed by atoms with E-state index in [-0.39, 0.29) is 11.7 Å². The fourth-order valence-corrected chi connectivity index (χ4v) is 3.03. The number of ether oxygens (including phenoxy) is 1. The molecule has 0 saturated carbocycles. The summed E-state index contributed by atoms with van der Waals surface area (Å²) in [4.78, 5) is 23.7. The Labute approximate surface area is 166 Å². The molecule has 0 radical (unpaired) electrons. The Bertz CT molecular complexity index is 968. The third kappa shape index (κ3) is 4.77. The van der Waals surface area contributed by atoms with Crippen LogP contribution in [-0.2, 0) is 4.79 Å². The lowest BCUT2D eigenvalue weighted by Gasteiger charge is -2.10. The number of anilines is 1. The average Bonchev–Trinajstić information content (AvgIpc) is 3.17. The smallest absolute Gasteiger partial charge is 0.277 e. The third-order valence-corrected chi connectivity index (χ3v) is 4.88. The second-order valence-electron chi connectivity index (χ2n) is 5.98. The number of hydrogen-bond donors (Lipinski definition) is 1. The van der Waals surface area contributed by atoms with Gasteiger partial charge in [0.25, 0.3) is 5.22 Å². The van der Waals surface area contributed by atoms with E-state index in [0.717, 1.165) is 11.3 Å². The van der Waals surface area contributed by atoms with Gasteiger partial charge in [-0.2, -0.15) is 0 Å². The maximum absolute atomic E-state index is 12.4. The first-order valence-corrected chi connectivity index (χ1v) is 9.40. The normalized spacial score (nSPS) is 11.7. The Balaban J connectivity index is 1.60. The molecular weight excluding hydrogens is 378 g/mol. The number of benzene rings is 2. The van der Waals surface area contributed by atoms with Crippen LogP contribution < -0.4 is 10.1 Å². The zero-order valence-electron chi connectivity index (χ0n) is 15.6. The van der Waals surface area contributed by atoms with Gasteiger partial charge in [0, 0.05) is 16.8 Å². The fourth-order valence-electron chi connectivity index (χ4n) is 2.34. The third-order valence-electron chi connectivity index (χ3n) is 3.95. The van der Waals surface area contributed by atoms with Crippen LogP contribution in [0.25, 0.3) is 11.5 Å². The number of aromatic nitrogens is 2. The van der Waals surface area contributed by atoms with E-state index in [0.29, 0.717) is 22.4 Å². The molecule has 0 aliphatic carbocycles. The quantitative estimate of drug-likeness (QED) is 0.474.